The second kappa shape index (κ2) is 7.24. The molecule has 104 valence electrons. The molecule has 0 spiro atoms. The first-order valence-electron chi connectivity index (χ1n) is 6.74. The van der Waals surface area contributed by atoms with Gasteiger partial charge in [0.2, 0.25) is 0 Å². The van der Waals surface area contributed by atoms with Crippen LogP contribution in [0.4, 0.5) is 4.79 Å². The maximum absolute atomic E-state index is 11.8. The van der Waals surface area contributed by atoms with Gasteiger partial charge in [0, 0.05) is 19.6 Å². The average Bonchev–Trinajstić information content (AvgIpc) is 2.36. The van der Waals surface area contributed by atoms with E-state index in [-0.39, 0.29) is 25.0 Å². The van der Waals surface area contributed by atoms with Crippen molar-refractivity contribution in [2.45, 2.75) is 51.5 Å². The fraction of sp³-hybridized carbons (Fsp3) is 0.846. The average molecular weight is 256 g/mol. The molecule has 0 saturated heterocycles. The summed E-state index contributed by atoms with van der Waals surface area (Å²) in [5.74, 6) is -0.314. The Morgan fingerprint density at radius 1 is 1.33 bits per heavy atom. The lowest BCUT2D eigenvalue weighted by molar-refractivity contribution is -0.137. The van der Waals surface area contributed by atoms with Crippen molar-refractivity contribution in [3.8, 4) is 0 Å². The van der Waals surface area contributed by atoms with Crippen molar-refractivity contribution >= 4 is 12.0 Å². The summed E-state index contributed by atoms with van der Waals surface area (Å²) >= 11 is 0. The predicted molar refractivity (Wildman–Crippen MR) is 69.5 cm³/mol. The van der Waals surface area contributed by atoms with E-state index in [2.05, 4.69) is 5.32 Å². The number of carboxylic acid groups (broad SMARTS) is 1. The second-order valence-corrected chi connectivity index (χ2v) is 5.20. The molecule has 1 aliphatic carbocycles. The van der Waals surface area contributed by atoms with Crippen molar-refractivity contribution in [3.63, 3.8) is 0 Å². The molecule has 0 aromatic rings. The van der Waals surface area contributed by atoms with Gasteiger partial charge in [0.15, 0.2) is 0 Å². The van der Waals surface area contributed by atoms with Crippen LogP contribution < -0.4 is 5.32 Å². The number of urea groups is 1. The number of hydrogen-bond acceptors (Lipinski definition) is 2. The highest BCUT2D eigenvalue weighted by Crippen LogP contribution is 2.26. The zero-order valence-electron chi connectivity index (χ0n) is 11.3. The third-order valence-corrected chi connectivity index (χ3v) is 3.72. The van der Waals surface area contributed by atoms with Crippen molar-refractivity contribution in [2.75, 3.05) is 13.6 Å². The number of carboxylic acids is 1. The van der Waals surface area contributed by atoms with Gasteiger partial charge in [0.1, 0.15) is 0 Å². The van der Waals surface area contributed by atoms with Gasteiger partial charge in [-0.25, -0.2) is 4.79 Å². The summed E-state index contributed by atoms with van der Waals surface area (Å²) in [7, 11) is 1.63. The molecule has 2 N–H and O–H groups in total. The van der Waals surface area contributed by atoms with Crippen molar-refractivity contribution in [2.24, 2.45) is 5.92 Å². The number of nitrogens with zero attached hydrogens (tertiary/aromatic N) is 1. The Morgan fingerprint density at radius 2 is 1.94 bits per heavy atom. The Hall–Kier alpha value is -1.26. The minimum absolute atomic E-state index is 0.0122. The van der Waals surface area contributed by atoms with Crippen molar-refractivity contribution < 1.29 is 14.7 Å². The van der Waals surface area contributed by atoms with Crippen LogP contribution in [0.3, 0.4) is 0 Å². The number of aliphatic carboxylic acids is 1. The van der Waals surface area contributed by atoms with Crippen LogP contribution in [0.5, 0.6) is 0 Å². The Morgan fingerprint density at radius 3 is 2.50 bits per heavy atom. The fourth-order valence-corrected chi connectivity index (χ4v) is 2.42. The van der Waals surface area contributed by atoms with Crippen LogP contribution in [0.2, 0.25) is 0 Å². The lowest BCUT2D eigenvalue weighted by Crippen LogP contribution is -2.45. The molecule has 1 fully saturated rings. The number of carbonyl (C=O) groups excluding carboxylic acids is 1. The number of nitrogens with one attached hydrogen (secondary N) is 1. The highest BCUT2D eigenvalue weighted by molar-refractivity contribution is 5.75. The summed E-state index contributed by atoms with van der Waals surface area (Å²) in [6, 6.07) is -0.000554. The van der Waals surface area contributed by atoms with Gasteiger partial charge < -0.3 is 15.3 Å². The van der Waals surface area contributed by atoms with Gasteiger partial charge in [-0.2, -0.15) is 0 Å². The van der Waals surface area contributed by atoms with Gasteiger partial charge in [-0.3, -0.25) is 4.79 Å². The van der Waals surface area contributed by atoms with E-state index < -0.39 is 5.97 Å². The van der Waals surface area contributed by atoms with Crippen LogP contribution in [0, 0.1) is 5.92 Å². The first-order valence-corrected chi connectivity index (χ1v) is 6.74. The Balaban J connectivity index is 2.31. The van der Waals surface area contributed by atoms with Crippen LogP contribution in [0.25, 0.3) is 0 Å². The van der Waals surface area contributed by atoms with E-state index in [1.54, 1.807) is 7.05 Å². The summed E-state index contributed by atoms with van der Waals surface area (Å²) in [5, 5.41) is 11.5. The number of rotatable bonds is 5. The monoisotopic (exact) mass is 256 g/mol. The molecule has 0 heterocycles. The normalized spacial score (nSPS) is 18.1. The van der Waals surface area contributed by atoms with Gasteiger partial charge in [-0.1, -0.05) is 19.3 Å². The van der Waals surface area contributed by atoms with E-state index in [9.17, 15) is 9.59 Å². The summed E-state index contributed by atoms with van der Waals surface area (Å²) in [5.41, 5.74) is 0. The van der Waals surface area contributed by atoms with E-state index in [0.717, 1.165) is 0 Å². The molecule has 5 nitrogen and oxygen atoms in total. The molecule has 0 aromatic carbocycles. The molecule has 1 saturated carbocycles. The number of carbonyl (C=O) groups is 2. The maximum atomic E-state index is 11.8. The van der Waals surface area contributed by atoms with Crippen molar-refractivity contribution in [1.29, 1.82) is 0 Å². The van der Waals surface area contributed by atoms with Gasteiger partial charge in [0.25, 0.3) is 0 Å². The van der Waals surface area contributed by atoms with Crippen LogP contribution >= 0.6 is 0 Å². The molecule has 0 aromatic heterocycles. The van der Waals surface area contributed by atoms with Gasteiger partial charge in [-0.05, 0) is 25.7 Å². The first kappa shape index (κ1) is 14.8. The minimum atomic E-state index is -0.880. The van der Waals surface area contributed by atoms with E-state index in [1.165, 1.54) is 37.0 Å². The molecule has 1 atom stereocenters. The van der Waals surface area contributed by atoms with Crippen molar-refractivity contribution in [1.82, 2.24) is 10.2 Å². The quantitative estimate of drug-likeness (QED) is 0.791. The molecule has 18 heavy (non-hydrogen) atoms. The van der Waals surface area contributed by atoms with E-state index in [1.807, 2.05) is 6.92 Å². The van der Waals surface area contributed by atoms with Crippen LogP contribution in [-0.2, 0) is 4.79 Å². The molecular weight excluding hydrogens is 232 g/mol. The molecule has 0 bridgehead atoms. The summed E-state index contributed by atoms with van der Waals surface area (Å²) in [4.78, 5) is 23.7. The molecule has 5 heteroatoms. The predicted octanol–water partition coefficient (Wildman–Crippen LogP) is 2.07. The summed E-state index contributed by atoms with van der Waals surface area (Å²) < 4.78 is 0. The fourth-order valence-electron chi connectivity index (χ4n) is 2.42. The van der Waals surface area contributed by atoms with E-state index in [4.69, 9.17) is 5.11 Å². The minimum Gasteiger partial charge on any atom is -0.481 e. The highest BCUT2D eigenvalue weighted by atomic mass is 16.4. The third-order valence-electron chi connectivity index (χ3n) is 3.72. The molecule has 1 rings (SSSR count). The first-order chi connectivity index (χ1) is 8.50. The zero-order chi connectivity index (χ0) is 13.5. The molecule has 2 amide bonds. The van der Waals surface area contributed by atoms with E-state index >= 15 is 0 Å². The standard InChI is InChI=1S/C13H24N2O3/c1-10(11-6-4-3-5-7-11)14-13(18)15(2)9-8-12(16)17/h10-11H,3-9H2,1-2H3,(H,14,18)(H,16,17). The lowest BCUT2D eigenvalue weighted by Gasteiger charge is -2.29. The molecule has 1 unspecified atom stereocenters. The number of amides is 2. The third kappa shape index (κ3) is 4.94. The molecule has 0 radical (unpaired) electrons. The van der Waals surface area contributed by atoms with Crippen LogP contribution in [-0.4, -0.2) is 41.6 Å². The highest BCUT2D eigenvalue weighted by Gasteiger charge is 2.22. The maximum Gasteiger partial charge on any atom is 0.317 e. The smallest absolute Gasteiger partial charge is 0.317 e. The topological polar surface area (TPSA) is 69.6 Å². The Bertz CT molecular complexity index is 288. The SMILES string of the molecule is CC(NC(=O)N(C)CCC(=O)O)C1CCCCC1. The largest absolute Gasteiger partial charge is 0.481 e. The number of hydrogen-bond donors (Lipinski definition) is 2. The Kier molecular flexibility index (Phi) is 5.95. The second-order valence-electron chi connectivity index (χ2n) is 5.20. The zero-order valence-corrected chi connectivity index (χ0v) is 11.3. The van der Waals surface area contributed by atoms with Crippen LogP contribution in [0.15, 0.2) is 0 Å². The molecular formula is C13H24N2O3. The molecule has 0 aliphatic heterocycles. The van der Waals surface area contributed by atoms with Gasteiger partial charge in [0.05, 0.1) is 6.42 Å². The molecule has 1 aliphatic rings. The summed E-state index contributed by atoms with van der Waals surface area (Å²) in [6.45, 7) is 2.29. The van der Waals surface area contributed by atoms with Crippen LogP contribution in [0.1, 0.15) is 45.4 Å². The van der Waals surface area contributed by atoms with Gasteiger partial charge >= 0.3 is 12.0 Å². The lowest BCUT2D eigenvalue weighted by atomic mass is 9.84. The van der Waals surface area contributed by atoms with Crippen molar-refractivity contribution in [3.05, 3.63) is 0 Å². The Labute approximate surface area is 109 Å². The van der Waals surface area contributed by atoms with E-state index in [0.29, 0.717) is 5.92 Å². The van der Waals surface area contributed by atoms with Gasteiger partial charge in [-0.15, -0.1) is 0 Å². The summed E-state index contributed by atoms with van der Waals surface area (Å²) in [6.07, 6.45) is 6.15.